The van der Waals surface area contributed by atoms with Crippen molar-refractivity contribution in [2.24, 2.45) is 0 Å². The normalized spacial score (nSPS) is 15.0. The SMILES string of the molecule is CCn1cc(Cn2c(=O)n(C3CCNCC3)c(=O)c3sc(-c4ccccc4)cc32)nn1. The fourth-order valence-corrected chi connectivity index (χ4v) is 5.28. The van der Waals surface area contributed by atoms with Crippen molar-refractivity contribution in [3.63, 3.8) is 0 Å². The maximum Gasteiger partial charge on any atom is 0.332 e. The highest BCUT2D eigenvalue weighted by Crippen LogP contribution is 2.31. The number of rotatable bonds is 5. The molecule has 1 aliphatic heterocycles. The zero-order chi connectivity index (χ0) is 21.4. The van der Waals surface area contributed by atoms with Crippen molar-refractivity contribution >= 4 is 21.6 Å². The number of fused-ring (bicyclic) bond motifs is 1. The van der Waals surface area contributed by atoms with Crippen molar-refractivity contribution in [3.8, 4) is 10.4 Å². The lowest BCUT2D eigenvalue weighted by Gasteiger charge is -2.24. The Morgan fingerprint density at radius 2 is 1.94 bits per heavy atom. The van der Waals surface area contributed by atoms with E-state index < -0.39 is 0 Å². The van der Waals surface area contributed by atoms with Gasteiger partial charge in [-0.15, -0.1) is 16.4 Å². The van der Waals surface area contributed by atoms with E-state index in [0.717, 1.165) is 36.4 Å². The van der Waals surface area contributed by atoms with Crippen LogP contribution in [0, 0.1) is 0 Å². The van der Waals surface area contributed by atoms with Gasteiger partial charge in [-0.1, -0.05) is 35.5 Å². The van der Waals surface area contributed by atoms with E-state index in [-0.39, 0.29) is 23.8 Å². The van der Waals surface area contributed by atoms with Gasteiger partial charge in [0.25, 0.3) is 5.56 Å². The number of nitrogens with one attached hydrogen (secondary N) is 1. The van der Waals surface area contributed by atoms with Gasteiger partial charge < -0.3 is 5.32 Å². The molecule has 0 radical (unpaired) electrons. The molecule has 0 saturated carbocycles. The summed E-state index contributed by atoms with van der Waals surface area (Å²) in [6.45, 7) is 4.59. The number of benzene rings is 1. The Kier molecular flexibility index (Phi) is 5.29. The summed E-state index contributed by atoms with van der Waals surface area (Å²) in [5, 5.41) is 11.6. The molecule has 0 unspecified atom stereocenters. The first-order valence-electron chi connectivity index (χ1n) is 10.6. The molecule has 160 valence electrons. The summed E-state index contributed by atoms with van der Waals surface area (Å²) in [6.07, 6.45) is 3.38. The minimum absolute atomic E-state index is 0.0921. The number of aromatic nitrogens is 5. The fraction of sp³-hybridized carbons (Fsp3) is 0.364. The molecule has 1 saturated heterocycles. The predicted octanol–water partition coefficient (Wildman–Crippen LogP) is 2.48. The van der Waals surface area contributed by atoms with Gasteiger partial charge in [0.05, 0.1) is 18.3 Å². The lowest BCUT2D eigenvalue weighted by atomic mass is 10.1. The zero-order valence-electron chi connectivity index (χ0n) is 17.3. The van der Waals surface area contributed by atoms with Crippen molar-refractivity contribution in [3.05, 3.63) is 69.1 Å². The molecule has 0 aliphatic carbocycles. The molecule has 5 rings (SSSR count). The maximum absolute atomic E-state index is 13.6. The number of piperidine rings is 1. The summed E-state index contributed by atoms with van der Waals surface area (Å²) < 4.78 is 5.51. The second-order valence-corrected chi connectivity index (χ2v) is 8.83. The van der Waals surface area contributed by atoms with Gasteiger partial charge in [-0.3, -0.25) is 18.6 Å². The molecule has 8 nitrogen and oxygen atoms in total. The summed E-state index contributed by atoms with van der Waals surface area (Å²) in [6, 6.07) is 11.8. The Bertz CT molecular complexity index is 1330. The summed E-state index contributed by atoms with van der Waals surface area (Å²) in [5.74, 6) is 0. The third-order valence-corrected chi connectivity index (χ3v) is 6.98. The van der Waals surface area contributed by atoms with Crippen molar-refractivity contribution < 1.29 is 0 Å². The first-order valence-corrected chi connectivity index (χ1v) is 11.4. The molecule has 1 aliphatic rings. The Morgan fingerprint density at radius 1 is 1.16 bits per heavy atom. The average Bonchev–Trinajstić information content (AvgIpc) is 3.45. The van der Waals surface area contributed by atoms with E-state index in [1.807, 2.05) is 49.5 Å². The molecule has 1 aromatic carbocycles. The summed E-state index contributed by atoms with van der Waals surface area (Å²) in [5.41, 5.74) is 1.94. The zero-order valence-corrected chi connectivity index (χ0v) is 18.1. The van der Waals surface area contributed by atoms with E-state index in [1.54, 1.807) is 9.25 Å². The molecular weight excluding hydrogens is 412 g/mol. The third-order valence-electron chi connectivity index (χ3n) is 5.82. The van der Waals surface area contributed by atoms with Crippen molar-refractivity contribution in [1.82, 2.24) is 29.4 Å². The lowest BCUT2D eigenvalue weighted by Crippen LogP contribution is -2.45. The van der Waals surface area contributed by atoms with Crippen molar-refractivity contribution in [1.29, 1.82) is 0 Å². The smallest absolute Gasteiger partial charge is 0.317 e. The van der Waals surface area contributed by atoms with E-state index in [1.165, 1.54) is 15.9 Å². The van der Waals surface area contributed by atoms with Gasteiger partial charge in [0, 0.05) is 17.5 Å². The number of hydrogen-bond acceptors (Lipinski definition) is 6. The van der Waals surface area contributed by atoms with Crippen LogP contribution in [0.4, 0.5) is 0 Å². The van der Waals surface area contributed by atoms with Gasteiger partial charge in [-0.2, -0.15) is 0 Å². The van der Waals surface area contributed by atoms with E-state index in [9.17, 15) is 9.59 Å². The van der Waals surface area contributed by atoms with Gasteiger partial charge >= 0.3 is 5.69 Å². The van der Waals surface area contributed by atoms with E-state index in [0.29, 0.717) is 22.5 Å². The largest absolute Gasteiger partial charge is 0.332 e. The van der Waals surface area contributed by atoms with E-state index in [2.05, 4.69) is 15.6 Å². The van der Waals surface area contributed by atoms with Crippen LogP contribution in [-0.4, -0.2) is 37.2 Å². The van der Waals surface area contributed by atoms with Crippen LogP contribution in [-0.2, 0) is 13.1 Å². The number of hydrogen-bond donors (Lipinski definition) is 1. The third kappa shape index (κ3) is 3.64. The highest BCUT2D eigenvalue weighted by atomic mass is 32.1. The fourth-order valence-electron chi connectivity index (χ4n) is 4.18. The molecule has 31 heavy (non-hydrogen) atoms. The van der Waals surface area contributed by atoms with E-state index >= 15 is 0 Å². The molecule has 9 heteroatoms. The molecule has 1 fully saturated rings. The lowest BCUT2D eigenvalue weighted by molar-refractivity contribution is 0.346. The van der Waals surface area contributed by atoms with Gasteiger partial charge in [0.1, 0.15) is 10.4 Å². The second kappa shape index (κ2) is 8.24. The van der Waals surface area contributed by atoms with Crippen molar-refractivity contribution in [2.45, 2.75) is 38.9 Å². The molecular formula is C22H24N6O2S. The minimum atomic E-state index is -0.270. The number of thiophene rings is 1. The topological polar surface area (TPSA) is 86.7 Å². The molecule has 1 N–H and O–H groups in total. The van der Waals surface area contributed by atoms with Gasteiger partial charge in [-0.25, -0.2) is 4.79 Å². The van der Waals surface area contributed by atoms with Crippen LogP contribution in [0.3, 0.4) is 0 Å². The molecule has 3 aromatic heterocycles. The minimum Gasteiger partial charge on any atom is -0.317 e. The van der Waals surface area contributed by atoms with Crippen LogP contribution in [0.5, 0.6) is 0 Å². The summed E-state index contributed by atoms with van der Waals surface area (Å²) in [7, 11) is 0. The standard InChI is InChI=1S/C22H24N6O2S/c1-2-26-13-16(24-25-26)14-27-18-12-19(15-6-4-3-5-7-15)31-20(18)21(29)28(22(27)30)17-8-10-23-11-9-17/h3-7,12-13,17,23H,2,8-11,14H2,1H3. The van der Waals surface area contributed by atoms with Crippen molar-refractivity contribution in [2.75, 3.05) is 13.1 Å². The molecule has 4 aromatic rings. The first-order chi connectivity index (χ1) is 15.2. The Morgan fingerprint density at radius 3 is 2.65 bits per heavy atom. The van der Waals surface area contributed by atoms with Crippen LogP contribution >= 0.6 is 11.3 Å². The Balaban J connectivity index is 1.72. The summed E-state index contributed by atoms with van der Waals surface area (Å²) in [4.78, 5) is 28.0. The molecule has 0 amide bonds. The second-order valence-electron chi connectivity index (χ2n) is 7.78. The van der Waals surface area contributed by atoms with Crippen LogP contribution in [0.25, 0.3) is 20.7 Å². The predicted molar refractivity (Wildman–Crippen MR) is 122 cm³/mol. The van der Waals surface area contributed by atoms with Gasteiger partial charge in [0.15, 0.2) is 0 Å². The average molecular weight is 437 g/mol. The monoisotopic (exact) mass is 436 g/mol. The van der Waals surface area contributed by atoms with Crippen LogP contribution in [0.2, 0.25) is 0 Å². The Hall–Kier alpha value is -3.04. The van der Waals surface area contributed by atoms with Gasteiger partial charge in [-0.05, 0) is 44.5 Å². The molecule has 0 bridgehead atoms. The van der Waals surface area contributed by atoms with Crippen LogP contribution in [0.1, 0.15) is 31.5 Å². The highest BCUT2D eigenvalue weighted by Gasteiger charge is 2.24. The van der Waals surface area contributed by atoms with E-state index in [4.69, 9.17) is 0 Å². The van der Waals surface area contributed by atoms with Crippen LogP contribution in [0.15, 0.2) is 52.2 Å². The quantitative estimate of drug-likeness (QED) is 0.519. The molecule has 0 spiro atoms. The number of aryl methyl sites for hydroxylation is 1. The molecule has 4 heterocycles. The highest BCUT2D eigenvalue weighted by molar-refractivity contribution is 7.22. The van der Waals surface area contributed by atoms with Crippen LogP contribution < -0.4 is 16.6 Å². The number of nitrogens with zero attached hydrogens (tertiary/aromatic N) is 5. The molecule has 0 atom stereocenters. The maximum atomic E-state index is 13.6. The Labute approximate surface area is 182 Å². The van der Waals surface area contributed by atoms with Gasteiger partial charge in [0.2, 0.25) is 0 Å². The summed E-state index contributed by atoms with van der Waals surface area (Å²) >= 11 is 1.45. The first kappa shape index (κ1) is 19.9.